The molecule has 18 heavy (non-hydrogen) atoms. The topological polar surface area (TPSA) is 9.23 Å². The molecule has 0 radical (unpaired) electrons. The van der Waals surface area contributed by atoms with Crippen molar-refractivity contribution in [1.82, 2.24) is 0 Å². The van der Waals surface area contributed by atoms with Gasteiger partial charge in [0.2, 0.25) is 0 Å². The quantitative estimate of drug-likeness (QED) is 0.715. The maximum Gasteiger partial charge on any atom is 1.00 e. The van der Waals surface area contributed by atoms with Crippen LogP contribution in [0.25, 0.3) is 0 Å². The molecule has 0 amide bonds. The van der Waals surface area contributed by atoms with E-state index in [1.165, 1.54) is 19.1 Å². The van der Waals surface area contributed by atoms with Gasteiger partial charge in [-0.3, -0.25) is 0 Å². The molecule has 1 aromatic rings. The molecule has 1 nitrogen and oxygen atoms in total. The van der Waals surface area contributed by atoms with Crippen molar-refractivity contribution >= 4 is 12.4 Å². The van der Waals surface area contributed by atoms with E-state index in [0.29, 0.717) is 18.3 Å². The van der Waals surface area contributed by atoms with Crippen LogP contribution in [0.5, 0.6) is 5.75 Å². The van der Waals surface area contributed by atoms with Crippen molar-refractivity contribution in [3.8, 4) is 5.75 Å². The van der Waals surface area contributed by atoms with Crippen molar-refractivity contribution in [2.45, 2.75) is 27.2 Å². The zero-order valence-electron chi connectivity index (χ0n) is 11.3. The Morgan fingerprint density at radius 3 is 2.33 bits per heavy atom. The van der Waals surface area contributed by atoms with Gasteiger partial charge >= 0.3 is 58.4 Å². The van der Waals surface area contributed by atoms with Gasteiger partial charge in [0.15, 0.2) is 0 Å². The number of hydrogen-bond acceptors (Lipinski definition) is 1. The number of ether oxygens (including phenoxy) is 1. The summed E-state index contributed by atoms with van der Waals surface area (Å²) in [4.78, 5) is 0. The number of rotatable bonds is 5. The van der Waals surface area contributed by atoms with Gasteiger partial charge in [-0.1, -0.05) is 31.9 Å². The van der Waals surface area contributed by atoms with Crippen molar-refractivity contribution in [3.63, 3.8) is 0 Å². The van der Waals surface area contributed by atoms with Gasteiger partial charge in [0, 0.05) is 0 Å². The van der Waals surface area contributed by atoms with Crippen LogP contribution in [0.1, 0.15) is 25.8 Å². The third kappa shape index (κ3) is 5.65. The van der Waals surface area contributed by atoms with Crippen LogP contribution >= 0.6 is 0 Å². The molecule has 0 aromatic heterocycles. The number of hydrogen-bond donors (Lipinski definition) is 0. The zero-order chi connectivity index (χ0) is 13.1. The summed E-state index contributed by atoms with van der Waals surface area (Å²) in [6.07, 6.45) is 0.989. The maximum absolute atomic E-state index is 12.6. The first-order chi connectivity index (χ1) is 7.84. The van der Waals surface area contributed by atoms with E-state index in [1.807, 2.05) is 6.92 Å². The Morgan fingerprint density at radius 2 is 1.89 bits per heavy atom. The van der Waals surface area contributed by atoms with Crippen molar-refractivity contribution in [1.29, 1.82) is 0 Å². The van der Waals surface area contributed by atoms with Crippen LogP contribution in [-0.2, 0) is 0 Å². The molecule has 0 fully saturated rings. The predicted molar refractivity (Wildman–Crippen MR) is 64.8 cm³/mol. The summed E-state index contributed by atoms with van der Waals surface area (Å²) in [7, 11) is 0. The molecule has 96 valence electrons. The van der Waals surface area contributed by atoms with Crippen LogP contribution in [0.4, 0.5) is 12.9 Å². The van der Waals surface area contributed by atoms with E-state index in [0.717, 1.165) is 12.5 Å². The molecule has 1 unspecified atom stereocenters. The Kier molecular flexibility index (Phi) is 8.17. The van der Waals surface area contributed by atoms with Crippen LogP contribution in [0.3, 0.4) is 0 Å². The molecule has 0 aliphatic rings. The van der Waals surface area contributed by atoms with E-state index in [9.17, 15) is 12.9 Å². The molecular formula is C12H17BF3KO. The zero-order valence-corrected chi connectivity index (χ0v) is 14.5. The molecule has 1 rings (SSSR count). The first-order valence-corrected chi connectivity index (χ1v) is 5.78. The third-order valence-corrected chi connectivity index (χ3v) is 2.83. The predicted octanol–water partition coefficient (Wildman–Crippen LogP) is 0.478. The normalized spacial score (nSPS) is 12.8. The van der Waals surface area contributed by atoms with Gasteiger partial charge in [-0.25, -0.2) is 0 Å². The monoisotopic (exact) mass is 284 g/mol. The fourth-order valence-electron chi connectivity index (χ4n) is 1.46. The Bertz CT molecular complexity index is 382. The van der Waals surface area contributed by atoms with E-state index >= 15 is 0 Å². The Hall–Kier alpha value is 0.511. The summed E-state index contributed by atoms with van der Waals surface area (Å²) in [5.74, 6) is 0.911. The Morgan fingerprint density at radius 1 is 1.28 bits per heavy atom. The molecule has 1 atom stereocenters. The Balaban J connectivity index is 0.00000289. The summed E-state index contributed by atoms with van der Waals surface area (Å²) < 4.78 is 43.2. The van der Waals surface area contributed by atoms with Crippen LogP contribution < -0.4 is 61.6 Å². The van der Waals surface area contributed by atoms with E-state index < -0.39 is 12.4 Å². The molecule has 0 aliphatic heterocycles. The molecule has 6 heteroatoms. The minimum absolute atomic E-state index is 0. The first-order valence-electron chi connectivity index (χ1n) is 5.78. The molecule has 0 aliphatic carbocycles. The van der Waals surface area contributed by atoms with E-state index in [2.05, 4.69) is 6.92 Å². The van der Waals surface area contributed by atoms with E-state index in [-0.39, 0.29) is 56.9 Å². The summed E-state index contributed by atoms with van der Waals surface area (Å²) in [6, 6.07) is 3.94. The second kappa shape index (κ2) is 7.95. The van der Waals surface area contributed by atoms with Crippen LogP contribution in [0.2, 0.25) is 0 Å². The molecule has 0 spiro atoms. The molecule has 0 N–H and O–H groups in total. The molecule has 0 heterocycles. The summed E-state index contributed by atoms with van der Waals surface area (Å²) >= 11 is 0. The van der Waals surface area contributed by atoms with Crippen molar-refractivity contribution in [2.75, 3.05) is 6.61 Å². The minimum Gasteiger partial charge on any atom is -0.493 e. The minimum atomic E-state index is -4.93. The van der Waals surface area contributed by atoms with Gasteiger partial charge in [0.1, 0.15) is 5.75 Å². The van der Waals surface area contributed by atoms with E-state index in [4.69, 9.17) is 4.74 Å². The fourth-order valence-corrected chi connectivity index (χ4v) is 1.46. The van der Waals surface area contributed by atoms with Crippen LogP contribution in [0, 0.1) is 12.8 Å². The molecular weight excluding hydrogens is 267 g/mol. The first kappa shape index (κ1) is 18.5. The maximum atomic E-state index is 12.6. The largest absolute Gasteiger partial charge is 1.00 e. The number of halogens is 3. The van der Waals surface area contributed by atoms with E-state index in [1.54, 1.807) is 0 Å². The van der Waals surface area contributed by atoms with Gasteiger partial charge in [-0.2, -0.15) is 0 Å². The summed E-state index contributed by atoms with van der Waals surface area (Å²) in [6.45, 7) is 1.16. The second-order valence-electron chi connectivity index (χ2n) is 4.42. The molecule has 0 bridgehead atoms. The average molecular weight is 284 g/mol. The van der Waals surface area contributed by atoms with Crippen molar-refractivity contribution < 1.29 is 69.1 Å². The van der Waals surface area contributed by atoms with Gasteiger partial charge in [-0.15, -0.1) is 5.46 Å². The fraction of sp³-hybridized carbons (Fsp3) is 0.500. The second-order valence-corrected chi connectivity index (χ2v) is 4.42. The molecule has 0 saturated carbocycles. The third-order valence-electron chi connectivity index (χ3n) is 2.83. The van der Waals surface area contributed by atoms with Crippen LogP contribution in [0.15, 0.2) is 18.2 Å². The van der Waals surface area contributed by atoms with Crippen LogP contribution in [-0.4, -0.2) is 13.6 Å². The van der Waals surface area contributed by atoms with Gasteiger partial charge in [0.05, 0.1) is 6.61 Å². The molecule has 0 saturated heterocycles. The smallest absolute Gasteiger partial charge is 0.493 e. The number of benzene rings is 1. The van der Waals surface area contributed by atoms with Gasteiger partial charge in [0.25, 0.3) is 0 Å². The summed E-state index contributed by atoms with van der Waals surface area (Å²) in [5, 5.41) is 0. The van der Waals surface area contributed by atoms with Crippen molar-refractivity contribution in [2.24, 2.45) is 5.92 Å². The molecule has 1 aromatic carbocycles. The standard InChI is InChI=1S/C12H17BF3O.K/c1-4-9(2)8-17-11-5-6-12(10(3)7-11)13(14,15)16;/h5-7,9H,4,8H2,1-3H3;/q-1;+1. The van der Waals surface area contributed by atoms with Gasteiger partial charge in [-0.05, 0) is 25.0 Å². The average Bonchev–Trinajstić information content (AvgIpc) is 2.24. The summed E-state index contributed by atoms with van der Waals surface area (Å²) in [5.41, 5.74) is -0.319. The SMILES string of the molecule is CCC(C)COc1ccc([B-](F)(F)F)c(C)c1.[K+]. The number of aryl methyl sites for hydroxylation is 1. The Labute approximate surface area is 149 Å². The van der Waals surface area contributed by atoms with Gasteiger partial charge < -0.3 is 17.7 Å². The van der Waals surface area contributed by atoms with Crippen molar-refractivity contribution in [3.05, 3.63) is 23.8 Å².